The first-order valence-corrected chi connectivity index (χ1v) is 7.51. The van der Waals surface area contributed by atoms with Gasteiger partial charge in [0.05, 0.1) is 22.3 Å². The van der Waals surface area contributed by atoms with Crippen LogP contribution in [0.1, 0.15) is 12.0 Å². The van der Waals surface area contributed by atoms with Gasteiger partial charge in [0.25, 0.3) is 0 Å². The zero-order valence-electron chi connectivity index (χ0n) is 11.5. The van der Waals surface area contributed by atoms with E-state index in [-0.39, 0.29) is 5.91 Å². The van der Waals surface area contributed by atoms with Crippen LogP contribution in [-0.4, -0.2) is 43.5 Å². The molecule has 1 aliphatic rings. The number of benzene rings is 1. The Hall–Kier alpha value is -0.810. The summed E-state index contributed by atoms with van der Waals surface area (Å²) < 4.78 is 0. The van der Waals surface area contributed by atoms with Gasteiger partial charge in [0.2, 0.25) is 5.91 Å². The monoisotopic (exact) mass is 315 g/mol. The summed E-state index contributed by atoms with van der Waals surface area (Å²) in [6.07, 6.45) is 1.05. The third-order valence-corrected chi connectivity index (χ3v) is 4.15. The van der Waals surface area contributed by atoms with Crippen LogP contribution in [0.5, 0.6) is 0 Å². The lowest BCUT2D eigenvalue weighted by Gasteiger charge is -2.19. The second-order valence-corrected chi connectivity index (χ2v) is 5.77. The number of carbonyl (C=O) groups excluding carboxylic acids is 1. The minimum atomic E-state index is -0.0821. The van der Waals surface area contributed by atoms with Crippen molar-refractivity contribution in [2.45, 2.75) is 13.3 Å². The molecule has 1 saturated heterocycles. The van der Waals surface area contributed by atoms with Gasteiger partial charge in [-0.3, -0.25) is 9.69 Å². The van der Waals surface area contributed by atoms with Crippen LogP contribution in [0.25, 0.3) is 0 Å². The van der Waals surface area contributed by atoms with E-state index in [9.17, 15) is 4.79 Å². The van der Waals surface area contributed by atoms with Crippen molar-refractivity contribution in [3.8, 4) is 0 Å². The smallest absolute Gasteiger partial charge is 0.238 e. The van der Waals surface area contributed by atoms with Crippen molar-refractivity contribution in [3.63, 3.8) is 0 Å². The molecule has 4 nitrogen and oxygen atoms in total. The number of carbonyl (C=O) groups is 1. The van der Waals surface area contributed by atoms with Crippen molar-refractivity contribution in [1.82, 2.24) is 10.2 Å². The third-order valence-electron chi connectivity index (χ3n) is 3.35. The second-order valence-electron chi connectivity index (χ2n) is 4.98. The molecule has 0 aliphatic carbocycles. The highest BCUT2D eigenvalue weighted by Crippen LogP contribution is 2.32. The molecule has 20 heavy (non-hydrogen) atoms. The van der Waals surface area contributed by atoms with Crippen LogP contribution in [-0.2, 0) is 4.79 Å². The molecule has 1 aliphatic heterocycles. The largest absolute Gasteiger partial charge is 0.322 e. The molecule has 1 amide bonds. The lowest BCUT2D eigenvalue weighted by molar-refractivity contribution is -0.117. The van der Waals surface area contributed by atoms with Crippen LogP contribution >= 0.6 is 23.2 Å². The van der Waals surface area contributed by atoms with Gasteiger partial charge >= 0.3 is 0 Å². The summed E-state index contributed by atoms with van der Waals surface area (Å²) in [6, 6.07) is 3.58. The lowest BCUT2D eigenvalue weighted by atomic mass is 10.2. The maximum Gasteiger partial charge on any atom is 0.238 e. The zero-order chi connectivity index (χ0) is 14.5. The average Bonchev–Trinajstić information content (AvgIpc) is 2.68. The number of hydrogen-bond acceptors (Lipinski definition) is 3. The van der Waals surface area contributed by atoms with E-state index in [1.807, 2.05) is 13.0 Å². The summed E-state index contributed by atoms with van der Waals surface area (Å²) in [5, 5.41) is 7.10. The highest BCUT2D eigenvalue weighted by molar-refractivity contribution is 6.40. The van der Waals surface area contributed by atoms with Crippen LogP contribution in [0.15, 0.2) is 12.1 Å². The van der Waals surface area contributed by atoms with Crippen molar-refractivity contribution in [2.24, 2.45) is 0 Å². The molecule has 0 radical (unpaired) electrons. The van der Waals surface area contributed by atoms with Gasteiger partial charge in [0.1, 0.15) is 0 Å². The fourth-order valence-corrected chi connectivity index (χ4v) is 2.68. The number of amides is 1. The van der Waals surface area contributed by atoms with Gasteiger partial charge in [0, 0.05) is 13.1 Å². The fraction of sp³-hybridized carbons (Fsp3) is 0.500. The third kappa shape index (κ3) is 4.09. The summed E-state index contributed by atoms with van der Waals surface area (Å²) in [7, 11) is 0. The summed E-state index contributed by atoms with van der Waals surface area (Å²) in [4.78, 5) is 14.3. The SMILES string of the molecule is Cc1ccc(Cl)c(NC(=O)CN2CCCNCC2)c1Cl. The van der Waals surface area contributed by atoms with E-state index in [4.69, 9.17) is 23.2 Å². The standard InChI is InChI=1S/C14H19Cl2N3O/c1-10-3-4-11(15)14(13(10)16)18-12(20)9-19-7-2-5-17-6-8-19/h3-4,17H,2,5-9H2,1H3,(H,18,20). The number of nitrogens with one attached hydrogen (secondary N) is 2. The highest BCUT2D eigenvalue weighted by atomic mass is 35.5. The van der Waals surface area contributed by atoms with E-state index in [0.717, 1.165) is 38.2 Å². The first-order chi connectivity index (χ1) is 9.58. The molecule has 0 atom stereocenters. The molecule has 0 spiro atoms. The predicted molar refractivity (Wildman–Crippen MR) is 83.8 cm³/mol. The number of hydrogen-bond donors (Lipinski definition) is 2. The Balaban J connectivity index is 1.99. The summed E-state index contributed by atoms with van der Waals surface area (Å²) in [5.41, 5.74) is 1.40. The van der Waals surface area contributed by atoms with Gasteiger partial charge in [0.15, 0.2) is 0 Å². The Morgan fingerprint density at radius 1 is 1.35 bits per heavy atom. The highest BCUT2D eigenvalue weighted by Gasteiger charge is 2.15. The minimum absolute atomic E-state index is 0.0821. The maximum absolute atomic E-state index is 12.1. The predicted octanol–water partition coefficient (Wildman–Crippen LogP) is 2.54. The Morgan fingerprint density at radius 3 is 2.95 bits per heavy atom. The first kappa shape index (κ1) is 15.6. The van der Waals surface area contributed by atoms with E-state index in [0.29, 0.717) is 22.3 Å². The molecule has 1 fully saturated rings. The van der Waals surface area contributed by atoms with Gasteiger partial charge < -0.3 is 10.6 Å². The molecule has 0 bridgehead atoms. The quantitative estimate of drug-likeness (QED) is 0.901. The molecule has 110 valence electrons. The van der Waals surface area contributed by atoms with Crippen molar-refractivity contribution in [2.75, 3.05) is 38.0 Å². The van der Waals surface area contributed by atoms with Crippen molar-refractivity contribution in [1.29, 1.82) is 0 Å². The van der Waals surface area contributed by atoms with E-state index in [1.54, 1.807) is 6.07 Å². The van der Waals surface area contributed by atoms with Gasteiger partial charge in [-0.1, -0.05) is 29.3 Å². The number of nitrogens with zero attached hydrogens (tertiary/aromatic N) is 1. The topological polar surface area (TPSA) is 44.4 Å². The molecule has 1 aromatic rings. The van der Waals surface area contributed by atoms with Gasteiger partial charge in [-0.25, -0.2) is 0 Å². The van der Waals surface area contributed by atoms with Crippen LogP contribution in [0.3, 0.4) is 0 Å². The fourth-order valence-electron chi connectivity index (χ4n) is 2.21. The molecule has 2 N–H and O–H groups in total. The van der Waals surface area contributed by atoms with E-state index in [1.165, 1.54) is 0 Å². The summed E-state index contributed by atoms with van der Waals surface area (Å²) in [6.45, 7) is 5.97. The lowest BCUT2D eigenvalue weighted by Crippen LogP contribution is -2.35. The summed E-state index contributed by atoms with van der Waals surface area (Å²) >= 11 is 12.3. The van der Waals surface area contributed by atoms with Crippen LogP contribution in [0.4, 0.5) is 5.69 Å². The van der Waals surface area contributed by atoms with Crippen molar-refractivity contribution < 1.29 is 4.79 Å². The second kappa shape index (κ2) is 7.27. The number of aryl methyl sites for hydroxylation is 1. The van der Waals surface area contributed by atoms with E-state index < -0.39 is 0 Å². The van der Waals surface area contributed by atoms with Crippen LogP contribution in [0, 0.1) is 6.92 Å². The molecule has 6 heteroatoms. The normalized spacial score (nSPS) is 16.8. The average molecular weight is 316 g/mol. The molecule has 0 aromatic heterocycles. The zero-order valence-corrected chi connectivity index (χ0v) is 13.0. The molecule has 1 heterocycles. The Morgan fingerprint density at radius 2 is 2.15 bits per heavy atom. The maximum atomic E-state index is 12.1. The first-order valence-electron chi connectivity index (χ1n) is 6.75. The van der Waals surface area contributed by atoms with Crippen LogP contribution in [0.2, 0.25) is 10.0 Å². The van der Waals surface area contributed by atoms with Crippen LogP contribution < -0.4 is 10.6 Å². The molecule has 0 saturated carbocycles. The van der Waals surface area contributed by atoms with Gasteiger partial charge in [-0.15, -0.1) is 0 Å². The number of anilines is 1. The van der Waals surface area contributed by atoms with Gasteiger partial charge in [-0.2, -0.15) is 0 Å². The Bertz CT molecular complexity index is 486. The minimum Gasteiger partial charge on any atom is -0.322 e. The van der Waals surface area contributed by atoms with E-state index >= 15 is 0 Å². The summed E-state index contributed by atoms with van der Waals surface area (Å²) in [5.74, 6) is -0.0821. The Labute approximate surface area is 129 Å². The molecular weight excluding hydrogens is 297 g/mol. The molecule has 0 unspecified atom stereocenters. The number of halogens is 2. The van der Waals surface area contributed by atoms with Crippen molar-refractivity contribution >= 4 is 34.8 Å². The van der Waals surface area contributed by atoms with E-state index in [2.05, 4.69) is 15.5 Å². The number of rotatable bonds is 3. The molecule has 2 rings (SSSR count). The molecule has 1 aromatic carbocycles. The molecular formula is C14H19Cl2N3O. The van der Waals surface area contributed by atoms with Crippen molar-refractivity contribution in [3.05, 3.63) is 27.7 Å². The van der Waals surface area contributed by atoms with Gasteiger partial charge in [-0.05, 0) is 38.1 Å². The Kier molecular flexibility index (Phi) is 5.66.